The maximum atomic E-state index is 12.4. The number of aryl methyl sites for hydroxylation is 1. The van der Waals surface area contributed by atoms with Crippen LogP contribution in [0.15, 0.2) is 6.07 Å². The molecule has 0 aliphatic heterocycles. The SMILES string of the molecule is CCOC(=O)Cc1cc(O)c(C(F)F)nc1C. The van der Waals surface area contributed by atoms with E-state index in [9.17, 15) is 18.7 Å². The molecular weight excluding hydrogens is 232 g/mol. The van der Waals surface area contributed by atoms with Crippen molar-refractivity contribution < 1.29 is 23.4 Å². The lowest BCUT2D eigenvalue weighted by molar-refractivity contribution is -0.142. The number of hydrogen-bond acceptors (Lipinski definition) is 4. The summed E-state index contributed by atoms with van der Waals surface area (Å²) in [5.74, 6) is -1.09. The summed E-state index contributed by atoms with van der Waals surface area (Å²) in [6.45, 7) is 3.41. The molecule has 1 rings (SSSR count). The van der Waals surface area contributed by atoms with Crippen molar-refractivity contribution in [2.45, 2.75) is 26.7 Å². The number of halogens is 2. The van der Waals surface area contributed by atoms with Gasteiger partial charge >= 0.3 is 5.97 Å². The van der Waals surface area contributed by atoms with E-state index < -0.39 is 23.8 Å². The Bertz CT molecular complexity index is 421. The molecule has 1 aromatic rings. The van der Waals surface area contributed by atoms with Crippen LogP contribution in [0.25, 0.3) is 0 Å². The Morgan fingerprint density at radius 2 is 2.24 bits per heavy atom. The van der Waals surface area contributed by atoms with Gasteiger partial charge in [0.25, 0.3) is 6.43 Å². The lowest BCUT2D eigenvalue weighted by atomic mass is 10.1. The van der Waals surface area contributed by atoms with Crippen LogP contribution in [0.2, 0.25) is 0 Å². The molecule has 0 amide bonds. The Hall–Kier alpha value is -1.72. The van der Waals surface area contributed by atoms with E-state index in [2.05, 4.69) is 4.98 Å². The minimum Gasteiger partial charge on any atom is -0.506 e. The Morgan fingerprint density at radius 1 is 1.59 bits per heavy atom. The van der Waals surface area contributed by atoms with Crippen molar-refractivity contribution in [3.8, 4) is 5.75 Å². The highest BCUT2D eigenvalue weighted by molar-refractivity contribution is 5.73. The van der Waals surface area contributed by atoms with Crippen LogP contribution in [0.5, 0.6) is 5.75 Å². The average molecular weight is 245 g/mol. The number of esters is 1. The predicted octanol–water partition coefficient (Wildman–Crippen LogP) is 2.14. The Balaban J connectivity index is 2.95. The normalized spacial score (nSPS) is 10.6. The van der Waals surface area contributed by atoms with E-state index >= 15 is 0 Å². The highest BCUT2D eigenvalue weighted by atomic mass is 19.3. The molecule has 0 aliphatic carbocycles. The fourth-order valence-corrected chi connectivity index (χ4v) is 1.36. The van der Waals surface area contributed by atoms with Gasteiger partial charge in [-0.3, -0.25) is 4.79 Å². The molecule has 0 saturated heterocycles. The van der Waals surface area contributed by atoms with Gasteiger partial charge in [0.05, 0.1) is 13.0 Å². The number of pyridine rings is 1. The third-order valence-corrected chi connectivity index (χ3v) is 2.17. The smallest absolute Gasteiger partial charge is 0.310 e. The van der Waals surface area contributed by atoms with Crippen LogP contribution in [-0.4, -0.2) is 22.7 Å². The maximum Gasteiger partial charge on any atom is 0.310 e. The zero-order valence-corrected chi connectivity index (χ0v) is 9.54. The van der Waals surface area contributed by atoms with Crippen LogP contribution in [0.1, 0.15) is 30.3 Å². The van der Waals surface area contributed by atoms with Crippen LogP contribution in [0.4, 0.5) is 8.78 Å². The number of rotatable bonds is 4. The standard InChI is InChI=1S/C11H13F2NO3/c1-3-17-9(16)5-7-4-8(15)10(11(12)13)14-6(7)2/h4,11,15H,3,5H2,1-2H3. The van der Waals surface area contributed by atoms with Gasteiger partial charge in [-0.25, -0.2) is 13.8 Å². The van der Waals surface area contributed by atoms with Gasteiger partial charge in [0.1, 0.15) is 11.4 Å². The van der Waals surface area contributed by atoms with Crippen molar-refractivity contribution in [3.05, 3.63) is 23.0 Å². The number of ether oxygens (including phenoxy) is 1. The number of nitrogens with zero attached hydrogens (tertiary/aromatic N) is 1. The van der Waals surface area contributed by atoms with Crippen molar-refractivity contribution in [3.63, 3.8) is 0 Å². The van der Waals surface area contributed by atoms with Crippen LogP contribution in [0, 0.1) is 6.92 Å². The van der Waals surface area contributed by atoms with Crippen molar-refractivity contribution in [2.24, 2.45) is 0 Å². The summed E-state index contributed by atoms with van der Waals surface area (Å²) in [5.41, 5.74) is -0.00777. The first-order valence-electron chi connectivity index (χ1n) is 5.08. The molecule has 0 radical (unpaired) electrons. The molecule has 6 heteroatoms. The van der Waals surface area contributed by atoms with Crippen molar-refractivity contribution in [2.75, 3.05) is 6.61 Å². The first-order valence-corrected chi connectivity index (χ1v) is 5.08. The number of carbonyl (C=O) groups excluding carboxylic acids is 1. The Labute approximate surface area is 97.2 Å². The molecule has 0 aromatic carbocycles. The summed E-state index contributed by atoms with van der Waals surface area (Å²) in [7, 11) is 0. The summed E-state index contributed by atoms with van der Waals surface area (Å²) in [4.78, 5) is 14.8. The first kappa shape index (κ1) is 13.3. The second kappa shape index (κ2) is 5.56. The van der Waals surface area contributed by atoms with Gasteiger partial charge in [-0.05, 0) is 25.5 Å². The minimum atomic E-state index is -2.84. The van der Waals surface area contributed by atoms with E-state index in [1.807, 2.05) is 0 Å². The predicted molar refractivity (Wildman–Crippen MR) is 55.9 cm³/mol. The van der Waals surface area contributed by atoms with Gasteiger partial charge in [-0.1, -0.05) is 0 Å². The third-order valence-electron chi connectivity index (χ3n) is 2.17. The van der Waals surface area contributed by atoms with Gasteiger partial charge in [0.2, 0.25) is 0 Å². The fourth-order valence-electron chi connectivity index (χ4n) is 1.36. The number of hydrogen-bond donors (Lipinski definition) is 1. The molecule has 0 aliphatic rings. The molecule has 17 heavy (non-hydrogen) atoms. The van der Waals surface area contributed by atoms with Crippen molar-refractivity contribution in [1.82, 2.24) is 4.98 Å². The number of aromatic nitrogens is 1. The van der Waals surface area contributed by atoms with Gasteiger partial charge in [-0.15, -0.1) is 0 Å². The first-order chi connectivity index (χ1) is 7.95. The van der Waals surface area contributed by atoms with Gasteiger partial charge < -0.3 is 9.84 Å². The topological polar surface area (TPSA) is 59.4 Å². The Morgan fingerprint density at radius 3 is 2.76 bits per heavy atom. The molecular formula is C11H13F2NO3. The third kappa shape index (κ3) is 3.37. The van der Waals surface area contributed by atoms with Crippen LogP contribution < -0.4 is 0 Å². The zero-order valence-electron chi connectivity index (χ0n) is 9.54. The molecule has 94 valence electrons. The van der Waals surface area contributed by atoms with Gasteiger partial charge in [0, 0.05) is 5.69 Å². The maximum absolute atomic E-state index is 12.4. The van der Waals surface area contributed by atoms with Gasteiger partial charge in [0.15, 0.2) is 0 Å². The second-order valence-corrected chi connectivity index (χ2v) is 3.42. The Kier molecular flexibility index (Phi) is 4.37. The van der Waals surface area contributed by atoms with E-state index in [4.69, 9.17) is 4.74 Å². The summed E-state index contributed by atoms with van der Waals surface area (Å²) in [6, 6.07) is 1.13. The highest BCUT2D eigenvalue weighted by Gasteiger charge is 2.18. The molecule has 0 atom stereocenters. The summed E-state index contributed by atoms with van der Waals surface area (Å²) >= 11 is 0. The van der Waals surface area contributed by atoms with E-state index in [1.54, 1.807) is 6.92 Å². The number of carbonyl (C=O) groups is 1. The van der Waals surface area contributed by atoms with Gasteiger partial charge in [-0.2, -0.15) is 0 Å². The molecule has 0 saturated carbocycles. The van der Waals surface area contributed by atoms with Crippen LogP contribution in [0.3, 0.4) is 0 Å². The largest absolute Gasteiger partial charge is 0.506 e. The van der Waals surface area contributed by atoms with Crippen LogP contribution in [-0.2, 0) is 16.0 Å². The molecule has 0 bridgehead atoms. The quantitative estimate of drug-likeness (QED) is 0.825. The molecule has 4 nitrogen and oxygen atoms in total. The summed E-state index contributed by atoms with van der Waals surface area (Å²) in [6.07, 6.45) is -2.94. The molecule has 0 spiro atoms. The minimum absolute atomic E-state index is 0.0935. The second-order valence-electron chi connectivity index (χ2n) is 3.42. The molecule has 1 aromatic heterocycles. The molecule has 1 heterocycles. The lowest BCUT2D eigenvalue weighted by Crippen LogP contribution is -2.10. The van der Waals surface area contributed by atoms with E-state index in [0.717, 1.165) is 6.07 Å². The number of alkyl halides is 2. The molecule has 0 unspecified atom stereocenters. The van der Waals surface area contributed by atoms with E-state index in [-0.39, 0.29) is 18.7 Å². The van der Waals surface area contributed by atoms with Crippen LogP contribution >= 0.6 is 0 Å². The van der Waals surface area contributed by atoms with Crippen molar-refractivity contribution in [1.29, 1.82) is 0 Å². The molecule has 1 N–H and O–H groups in total. The zero-order chi connectivity index (χ0) is 13.0. The monoisotopic (exact) mass is 245 g/mol. The summed E-state index contributed by atoms with van der Waals surface area (Å²) in [5, 5.41) is 9.33. The average Bonchev–Trinajstić information content (AvgIpc) is 2.22. The fraction of sp³-hybridized carbons (Fsp3) is 0.455. The highest BCUT2D eigenvalue weighted by Crippen LogP contribution is 2.28. The molecule has 0 fully saturated rings. The van der Waals surface area contributed by atoms with E-state index in [1.165, 1.54) is 6.92 Å². The summed E-state index contributed by atoms with van der Waals surface area (Å²) < 4.78 is 29.5. The van der Waals surface area contributed by atoms with Crippen molar-refractivity contribution >= 4 is 5.97 Å². The number of aromatic hydroxyl groups is 1. The van der Waals surface area contributed by atoms with E-state index in [0.29, 0.717) is 5.56 Å². The lowest BCUT2D eigenvalue weighted by Gasteiger charge is -2.09.